The molecule has 4 fully saturated rings. The molecule has 3 aliphatic carbocycles. The summed E-state index contributed by atoms with van der Waals surface area (Å²) in [5.41, 5.74) is 7.37. The van der Waals surface area contributed by atoms with Crippen LogP contribution in [-0.4, -0.2) is 80.9 Å². The molecule has 9 nitrogen and oxygen atoms in total. The van der Waals surface area contributed by atoms with Crippen molar-refractivity contribution in [3.8, 4) is 0 Å². The molecule has 1 aromatic heterocycles. The fourth-order valence-corrected chi connectivity index (χ4v) is 8.75. The SMILES string of the molecule is COC1CCC([C@@H]2CCN(C(=O)C3CCC([C@H](N)CF)CC3)[C@@H]2C(=O)Cc2ccc3oc(C(=O)OCC4CC(OC)C4)cc3c2)CC1. The Balaban J connectivity index is 1.14. The zero-order chi connectivity index (χ0) is 33.1. The minimum Gasteiger partial charge on any atom is -0.460 e. The highest BCUT2D eigenvalue weighted by molar-refractivity contribution is 5.94. The fourth-order valence-electron chi connectivity index (χ4n) is 8.75. The monoisotopic (exact) mass is 654 g/mol. The first-order chi connectivity index (χ1) is 22.8. The van der Waals surface area contributed by atoms with Gasteiger partial charge in [-0.1, -0.05) is 6.07 Å². The largest absolute Gasteiger partial charge is 0.460 e. The van der Waals surface area contributed by atoms with Gasteiger partial charge in [-0.2, -0.15) is 0 Å². The summed E-state index contributed by atoms with van der Waals surface area (Å²) in [6.45, 7) is 0.394. The van der Waals surface area contributed by atoms with Crippen molar-refractivity contribution in [2.75, 3.05) is 34.0 Å². The molecule has 4 aliphatic rings. The second kappa shape index (κ2) is 15.2. The van der Waals surface area contributed by atoms with Gasteiger partial charge in [0.1, 0.15) is 12.3 Å². The molecule has 47 heavy (non-hydrogen) atoms. The molecule has 258 valence electrons. The summed E-state index contributed by atoms with van der Waals surface area (Å²) in [6.07, 6.45) is 10.1. The number of benzene rings is 1. The molecule has 10 heteroatoms. The van der Waals surface area contributed by atoms with Gasteiger partial charge in [0.25, 0.3) is 0 Å². The lowest BCUT2D eigenvalue weighted by atomic mass is 9.74. The average Bonchev–Trinajstić information content (AvgIpc) is 3.72. The standard InChI is InChI=1S/C37H51FN2O7/c1-44-28-10-8-24(9-11-28)30-13-14-40(36(42)26-6-4-25(5-7-26)31(39)20-38)35(30)32(41)18-22-3-12-33-27(15-22)19-34(47-33)37(43)46-21-23-16-29(17-23)45-2/h3,12,15,19,23-26,28-31,35H,4-11,13-14,16-18,20-21,39H2,1-2H3/t23?,24?,25?,26?,28?,29?,30-,31+,35-/m0/s1. The van der Waals surface area contributed by atoms with E-state index in [1.54, 1.807) is 26.4 Å². The van der Waals surface area contributed by atoms with E-state index in [1.165, 1.54) is 0 Å². The van der Waals surface area contributed by atoms with Crippen molar-refractivity contribution in [2.45, 2.75) is 101 Å². The van der Waals surface area contributed by atoms with Crippen molar-refractivity contribution in [2.24, 2.45) is 35.3 Å². The Labute approximate surface area is 277 Å². The predicted octanol–water partition coefficient (Wildman–Crippen LogP) is 5.65. The Bertz CT molecular complexity index is 1390. The third-order valence-corrected chi connectivity index (χ3v) is 11.8. The van der Waals surface area contributed by atoms with Crippen LogP contribution in [0.15, 0.2) is 28.7 Å². The zero-order valence-corrected chi connectivity index (χ0v) is 27.9. The van der Waals surface area contributed by atoms with Crippen molar-refractivity contribution in [3.05, 3.63) is 35.6 Å². The topological polar surface area (TPSA) is 121 Å². The molecule has 3 atom stereocenters. The van der Waals surface area contributed by atoms with E-state index in [0.717, 1.165) is 68.7 Å². The number of hydrogen-bond acceptors (Lipinski definition) is 8. The molecular formula is C37H51FN2O7. The lowest BCUT2D eigenvalue weighted by molar-refractivity contribution is -0.143. The van der Waals surface area contributed by atoms with Crippen molar-refractivity contribution >= 4 is 28.6 Å². The zero-order valence-electron chi connectivity index (χ0n) is 27.9. The Morgan fingerprint density at radius 3 is 2.36 bits per heavy atom. The molecule has 0 spiro atoms. The van der Waals surface area contributed by atoms with Crippen molar-refractivity contribution in [1.29, 1.82) is 0 Å². The highest BCUT2D eigenvalue weighted by Gasteiger charge is 2.47. The lowest BCUT2D eigenvalue weighted by Crippen LogP contribution is -2.48. The van der Waals surface area contributed by atoms with Gasteiger partial charge in [0.05, 0.1) is 24.9 Å². The van der Waals surface area contributed by atoms with E-state index in [4.69, 9.17) is 24.4 Å². The second-order valence-electron chi connectivity index (χ2n) is 14.6. The van der Waals surface area contributed by atoms with Gasteiger partial charge >= 0.3 is 5.97 Å². The smallest absolute Gasteiger partial charge is 0.374 e. The molecule has 2 aromatic rings. The van der Waals surface area contributed by atoms with Crippen LogP contribution in [-0.2, 0) is 30.2 Å². The van der Waals surface area contributed by atoms with E-state index in [2.05, 4.69) is 0 Å². The number of alkyl halides is 1. The van der Waals surface area contributed by atoms with Crippen LogP contribution < -0.4 is 5.73 Å². The molecule has 1 saturated heterocycles. The number of likely N-dealkylation sites (tertiary alicyclic amines) is 1. The predicted molar refractivity (Wildman–Crippen MR) is 174 cm³/mol. The molecule has 0 radical (unpaired) electrons. The molecule has 3 saturated carbocycles. The van der Waals surface area contributed by atoms with Gasteiger partial charge in [0.15, 0.2) is 5.78 Å². The number of amides is 1. The number of methoxy groups -OCH3 is 2. The van der Waals surface area contributed by atoms with Crippen LogP contribution in [0.2, 0.25) is 0 Å². The highest BCUT2D eigenvalue weighted by atomic mass is 19.1. The first-order valence-corrected chi connectivity index (χ1v) is 17.7. The number of halogens is 1. The van der Waals surface area contributed by atoms with E-state index in [0.29, 0.717) is 43.4 Å². The van der Waals surface area contributed by atoms with E-state index >= 15 is 0 Å². The van der Waals surface area contributed by atoms with Gasteiger partial charge in [-0.3, -0.25) is 9.59 Å². The summed E-state index contributed by atoms with van der Waals surface area (Å²) in [7, 11) is 3.46. The lowest BCUT2D eigenvalue weighted by Gasteiger charge is -2.37. The molecule has 2 heterocycles. The number of carbonyl (C=O) groups excluding carboxylic acids is 3. The summed E-state index contributed by atoms with van der Waals surface area (Å²) < 4.78 is 35.4. The Morgan fingerprint density at radius 1 is 0.957 bits per heavy atom. The number of fused-ring (bicyclic) bond motifs is 1. The van der Waals surface area contributed by atoms with Gasteiger partial charge in [0.2, 0.25) is 11.7 Å². The molecule has 1 aromatic carbocycles. The maximum absolute atomic E-state index is 14.3. The van der Waals surface area contributed by atoms with E-state index < -0.39 is 24.7 Å². The van der Waals surface area contributed by atoms with Crippen molar-refractivity contribution in [1.82, 2.24) is 4.90 Å². The summed E-state index contributed by atoms with van der Waals surface area (Å²) in [6, 6.07) is 6.31. The molecular weight excluding hydrogens is 603 g/mol. The fraction of sp³-hybridized carbons (Fsp3) is 0.703. The number of ketones is 1. The highest BCUT2D eigenvalue weighted by Crippen LogP contribution is 2.42. The number of esters is 1. The number of Topliss-reactive ketones (excluding diaryl/α,β-unsaturated/α-hetero) is 1. The molecule has 1 amide bonds. The van der Waals surface area contributed by atoms with Crippen molar-refractivity contribution in [3.63, 3.8) is 0 Å². The van der Waals surface area contributed by atoms with E-state index in [9.17, 15) is 18.8 Å². The number of ether oxygens (including phenoxy) is 3. The third kappa shape index (κ3) is 7.60. The van der Waals surface area contributed by atoms with Gasteiger partial charge in [0, 0.05) is 44.5 Å². The van der Waals surface area contributed by atoms with Crippen molar-refractivity contribution < 1.29 is 37.4 Å². The molecule has 2 N–H and O–H groups in total. The van der Waals surface area contributed by atoms with Crippen LogP contribution >= 0.6 is 0 Å². The molecule has 1 aliphatic heterocycles. The second-order valence-corrected chi connectivity index (χ2v) is 14.6. The van der Waals surface area contributed by atoms with Crippen LogP contribution in [0.1, 0.15) is 86.7 Å². The average molecular weight is 655 g/mol. The number of furan rings is 1. The normalized spacial score (nSPS) is 31.8. The van der Waals surface area contributed by atoms with Gasteiger partial charge < -0.3 is 29.3 Å². The van der Waals surface area contributed by atoms with Gasteiger partial charge in [-0.15, -0.1) is 0 Å². The number of nitrogens with two attached hydrogens (primary N) is 1. The van der Waals surface area contributed by atoms with Crippen LogP contribution in [0.3, 0.4) is 0 Å². The molecule has 0 bridgehead atoms. The third-order valence-electron chi connectivity index (χ3n) is 11.8. The minimum atomic E-state index is -0.537. The Morgan fingerprint density at radius 2 is 1.68 bits per heavy atom. The maximum Gasteiger partial charge on any atom is 0.374 e. The molecule has 6 rings (SSSR count). The summed E-state index contributed by atoms with van der Waals surface area (Å²) >= 11 is 0. The minimum absolute atomic E-state index is 0.0557. The van der Waals surface area contributed by atoms with Gasteiger partial charge in [-0.05, 0) is 118 Å². The van der Waals surface area contributed by atoms with E-state index in [1.807, 2.05) is 17.0 Å². The number of rotatable bonds is 12. The summed E-state index contributed by atoms with van der Waals surface area (Å²) in [5, 5.41) is 0.738. The Hall–Kier alpha value is -2.82. The summed E-state index contributed by atoms with van der Waals surface area (Å²) in [4.78, 5) is 42.9. The van der Waals surface area contributed by atoms with Crippen LogP contribution in [0.5, 0.6) is 0 Å². The first-order valence-electron chi connectivity index (χ1n) is 17.7. The number of nitrogens with zero attached hydrogens (tertiary/aromatic N) is 1. The maximum atomic E-state index is 14.3. The molecule has 0 unspecified atom stereocenters. The number of carbonyl (C=O) groups is 3. The van der Waals surface area contributed by atoms with Crippen LogP contribution in [0.25, 0.3) is 11.0 Å². The van der Waals surface area contributed by atoms with E-state index in [-0.39, 0.29) is 53.8 Å². The van der Waals surface area contributed by atoms with Crippen LogP contribution in [0, 0.1) is 29.6 Å². The van der Waals surface area contributed by atoms with Gasteiger partial charge in [-0.25, -0.2) is 9.18 Å². The summed E-state index contributed by atoms with van der Waals surface area (Å²) in [5.74, 6) is 0.529. The van der Waals surface area contributed by atoms with Crippen LogP contribution in [0.4, 0.5) is 4.39 Å². The first kappa shape index (κ1) is 34.1. The Kier molecular flexibility index (Phi) is 11.0. The quantitative estimate of drug-likeness (QED) is 0.292. The number of hydrogen-bond donors (Lipinski definition) is 1.